The predicted molar refractivity (Wildman–Crippen MR) is 183 cm³/mol. The van der Waals surface area contributed by atoms with Gasteiger partial charge in [0.15, 0.2) is 5.13 Å². The molecular formula is C33H51N7O6S. The molecule has 3 rings (SSSR count). The van der Waals surface area contributed by atoms with Crippen LogP contribution in [0.5, 0.6) is 0 Å². The minimum atomic E-state index is -1.90. The first-order valence-corrected chi connectivity index (χ1v) is 16.6. The van der Waals surface area contributed by atoms with Gasteiger partial charge in [-0.2, -0.15) is 0 Å². The van der Waals surface area contributed by atoms with Crippen molar-refractivity contribution in [3.8, 4) is 0 Å². The van der Waals surface area contributed by atoms with Crippen LogP contribution in [0, 0.1) is 11.3 Å². The summed E-state index contributed by atoms with van der Waals surface area (Å²) in [7, 11) is 3.60. The van der Waals surface area contributed by atoms with Gasteiger partial charge in [0.2, 0.25) is 11.8 Å². The van der Waals surface area contributed by atoms with E-state index < -0.39 is 29.1 Å². The van der Waals surface area contributed by atoms with Gasteiger partial charge in [-0.05, 0) is 77.2 Å². The van der Waals surface area contributed by atoms with Crippen LogP contribution in [-0.4, -0.2) is 77.4 Å². The monoisotopic (exact) mass is 673 g/mol. The van der Waals surface area contributed by atoms with Gasteiger partial charge >= 0.3 is 18.1 Å². The number of thiazole rings is 1. The maximum Gasteiger partial charge on any atom is 0.412 e. The number of aromatic nitrogens is 1. The Hall–Kier alpha value is -3.91. The third kappa shape index (κ3) is 11.1. The molecule has 2 heterocycles. The SMILES string of the molecule is CC(=O)Nc1nc(CCc2ccc(NC(OC(N)=O)(OC(=O)NC(C)(C)C)C(C)(C)C)cc2)c(CN2CCC(C(=O)N(C)C)CC2)s1. The van der Waals surface area contributed by atoms with Gasteiger partial charge in [-0.25, -0.2) is 14.6 Å². The maximum absolute atomic E-state index is 12.8. The van der Waals surface area contributed by atoms with Gasteiger partial charge in [0.1, 0.15) is 0 Å². The number of nitrogens with one attached hydrogen (secondary N) is 3. The summed E-state index contributed by atoms with van der Waals surface area (Å²) in [6, 6.07) is 7.50. The van der Waals surface area contributed by atoms with E-state index >= 15 is 0 Å². The highest BCUT2D eigenvalue weighted by atomic mass is 32.1. The first-order chi connectivity index (χ1) is 21.8. The second-order valence-electron chi connectivity index (χ2n) is 14.2. The molecule has 0 spiro atoms. The van der Waals surface area contributed by atoms with Gasteiger partial charge in [-0.1, -0.05) is 32.9 Å². The predicted octanol–water partition coefficient (Wildman–Crippen LogP) is 4.92. The summed E-state index contributed by atoms with van der Waals surface area (Å²) in [6.07, 6.45) is 1.09. The molecular weight excluding hydrogens is 622 g/mol. The Balaban J connectivity index is 1.74. The first kappa shape index (κ1) is 37.5. The third-order valence-corrected chi connectivity index (χ3v) is 8.66. The molecule has 47 heavy (non-hydrogen) atoms. The van der Waals surface area contributed by atoms with Gasteiger partial charge in [0, 0.05) is 49.6 Å². The average Bonchev–Trinajstić information content (AvgIpc) is 3.30. The molecule has 1 aromatic carbocycles. The molecule has 1 unspecified atom stereocenters. The molecule has 0 saturated carbocycles. The van der Waals surface area contributed by atoms with Crippen molar-refractivity contribution in [1.82, 2.24) is 20.1 Å². The lowest BCUT2D eigenvalue weighted by Gasteiger charge is -2.42. The molecule has 1 aliphatic rings. The number of rotatable bonds is 11. The average molecular weight is 674 g/mol. The van der Waals surface area contributed by atoms with Crippen molar-refractivity contribution in [2.24, 2.45) is 17.1 Å². The van der Waals surface area contributed by atoms with Crippen LogP contribution in [-0.2, 0) is 38.4 Å². The van der Waals surface area contributed by atoms with E-state index in [9.17, 15) is 19.2 Å². The topological polar surface area (TPSA) is 168 Å². The van der Waals surface area contributed by atoms with E-state index in [0.29, 0.717) is 30.2 Å². The quantitative estimate of drug-likeness (QED) is 0.242. The van der Waals surface area contributed by atoms with E-state index in [-0.39, 0.29) is 17.7 Å². The molecule has 0 bridgehead atoms. The van der Waals surface area contributed by atoms with E-state index in [1.165, 1.54) is 18.3 Å². The van der Waals surface area contributed by atoms with Crippen LogP contribution in [0.1, 0.15) is 77.4 Å². The molecule has 1 fully saturated rings. The summed E-state index contributed by atoms with van der Waals surface area (Å²) < 4.78 is 11.2. The third-order valence-electron chi connectivity index (χ3n) is 7.66. The Morgan fingerprint density at radius 3 is 2.13 bits per heavy atom. The van der Waals surface area contributed by atoms with Crippen LogP contribution in [0.15, 0.2) is 24.3 Å². The van der Waals surface area contributed by atoms with Gasteiger partial charge in [0.25, 0.3) is 0 Å². The van der Waals surface area contributed by atoms with Crippen molar-refractivity contribution in [1.29, 1.82) is 0 Å². The summed E-state index contributed by atoms with van der Waals surface area (Å²) in [4.78, 5) is 58.8. The van der Waals surface area contributed by atoms with Gasteiger partial charge < -0.3 is 36.1 Å². The normalized spacial score (nSPS) is 15.7. The number of likely N-dealkylation sites (tertiary alicyclic amines) is 1. The van der Waals surface area contributed by atoms with Crippen LogP contribution in [0.2, 0.25) is 0 Å². The van der Waals surface area contributed by atoms with Crippen molar-refractivity contribution in [2.45, 2.75) is 92.1 Å². The van der Waals surface area contributed by atoms with E-state index in [1.807, 2.05) is 45.0 Å². The Morgan fingerprint density at radius 2 is 1.62 bits per heavy atom. The fourth-order valence-electron chi connectivity index (χ4n) is 5.19. The number of benzene rings is 1. The maximum atomic E-state index is 12.8. The zero-order valence-corrected chi connectivity index (χ0v) is 29.9. The molecule has 0 aliphatic carbocycles. The van der Waals surface area contributed by atoms with Crippen molar-refractivity contribution in [3.05, 3.63) is 40.4 Å². The number of ether oxygens (including phenoxy) is 2. The Labute approximate surface area is 281 Å². The number of aryl methyl sites for hydroxylation is 2. The summed E-state index contributed by atoms with van der Waals surface area (Å²) in [5, 5.41) is 9.20. The summed E-state index contributed by atoms with van der Waals surface area (Å²) in [5.41, 5.74) is 6.42. The fourth-order valence-corrected chi connectivity index (χ4v) is 6.29. The number of carbonyl (C=O) groups excluding carboxylic acids is 4. The number of piperidine rings is 1. The zero-order chi connectivity index (χ0) is 35.2. The highest BCUT2D eigenvalue weighted by molar-refractivity contribution is 7.15. The molecule has 0 radical (unpaired) electrons. The highest BCUT2D eigenvalue weighted by Crippen LogP contribution is 2.37. The van der Waals surface area contributed by atoms with Crippen molar-refractivity contribution < 1.29 is 28.7 Å². The molecule has 1 saturated heterocycles. The lowest BCUT2D eigenvalue weighted by atomic mass is 9.90. The highest BCUT2D eigenvalue weighted by Gasteiger charge is 2.50. The molecule has 260 valence electrons. The molecule has 13 nitrogen and oxygen atoms in total. The summed E-state index contributed by atoms with van der Waals surface area (Å²) in [5.74, 6) is -1.84. The number of anilines is 2. The molecule has 5 N–H and O–H groups in total. The van der Waals surface area contributed by atoms with Gasteiger partial charge in [0.05, 0.1) is 11.1 Å². The second kappa shape index (κ2) is 15.3. The van der Waals surface area contributed by atoms with E-state index in [1.54, 1.807) is 39.8 Å². The number of carbonyl (C=O) groups is 4. The zero-order valence-electron chi connectivity index (χ0n) is 29.1. The second-order valence-corrected chi connectivity index (χ2v) is 15.3. The van der Waals surface area contributed by atoms with Crippen LogP contribution in [0.25, 0.3) is 0 Å². The summed E-state index contributed by atoms with van der Waals surface area (Å²) >= 11 is 1.48. The Bertz CT molecular complexity index is 1410. The molecule has 14 heteroatoms. The lowest BCUT2D eigenvalue weighted by Crippen LogP contribution is -2.59. The number of nitrogens with zero attached hydrogens (tertiary/aromatic N) is 3. The van der Waals surface area contributed by atoms with E-state index in [2.05, 4.69) is 20.9 Å². The minimum Gasteiger partial charge on any atom is -0.387 e. The van der Waals surface area contributed by atoms with Crippen LogP contribution < -0.4 is 21.7 Å². The number of primary amides is 1. The number of alkyl carbamates (subject to hydrolysis) is 1. The minimum absolute atomic E-state index is 0.0534. The lowest BCUT2D eigenvalue weighted by molar-refractivity contribution is -0.202. The largest absolute Gasteiger partial charge is 0.412 e. The van der Waals surface area contributed by atoms with Crippen molar-refractivity contribution in [3.63, 3.8) is 0 Å². The number of amides is 4. The summed E-state index contributed by atoms with van der Waals surface area (Å²) in [6.45, 7) is 14.5. The number of nitrogens with two attached hydrogens (primary N) is 1. The molecule has 4 amide bonds. The molecule has 1 atom stereocenters. The Morgan fingerprint density at radius 1 is 1.00 bits per heavy atom. The van der Waals surface area contributed by atoms with Crippen LogP contribution in [0.4, 0.5) is 20.4 Å². The standard InChI is InChI=1S/C33H51N7O6S/c1-21(41)35-29-36-25(26(47-29)20-40-18-16-23(17-19-40)27(42)39(8)9)15-12-22-10-13-24(14-11-22)37-33(31(2,3)4,45-28(34)43)46-30(44)38-32(5,6)7/h10-11,13-14,23,37H,12,15-20H2,1-9H3,(H2,34,43)(H,38,44)(H,35,36,41). The Kier molecular flexibility index (Phi) is 12.2. The van der Waals surface area contributed by atoms with Crippen molar-refractivity contribution in [2.75, 3.05) is 37.8 Å². The van der Waals surface area contributed by atoms with Crippen LogP contribution in [0.3, 0.4) is 0 Å². The van der Waals surface area contributed by atoms with E-state index in [0.717, 1.165) is 42.1 Å². The molecule has 2 aromatic rings. The molecule has 1 aliphatic heterocycles. The van der Waals surface area contributed by atoms with Gasteiger partial charge in [-0.15, -0.1) is 11.3 Å². The number of hydrogen-bond acceptors (Lipinski definition) is 10. The van der Waals surface area contributed by atoms with Gasteiger partial charge in [-0.3, -0.25) is 14.5 Å². The smallest absolute Gasteiger partial charge is 0.387 e. The fraction of sp³-hybridized carbons (Fsp3) is 0.606. The van der Waals surface area contributed by atoms with E-state index in [4.69, 9.17) is 20.2 Å². The molecule has 1 aromatic heterocycles. The van der Waals surface area contributed by atoms with Crippen molar-refractivity contribution >= 4 is 46.2 Å². The van der Waals surface area contributed by atoms with Crippen LogP contribution >= 0.6 is 11.3 Å². The number of hydrogen-bond donors (Lipinski definition) is 4. The first-order valence-electron chi connectivity index (χ1n) is 15.8.